The van der Waals surface area contributed by atoms with E-state index in [1.54, 1.807) is 6.07 Å². The van der Waals surface area contributed by atoms with Gasteiger partial charge < -0.3 is 14.0 Å². The minimum atomic E-state index is -0.790. The van der Waals surface area contributed by atoms with Crippen molar-refractivity contribution in [3.63, 3.8) is 0 Å². The zero-order valence-electron chi connectivity index (χ0n) is 19.3. The molecule has 35 heavy (non-hydrogen) atoms. The first-order valence-corrected chi connectivity index (χ1v) is 11.8. The lowest BCUT2D eigenvalue weighted by molar-refractivity contribution is -0.143. The van der Waals surface area contributed by atoms with Crippen LogP contribution >= 0.6 is 0 Å². The van der Waals surface area contributed by atoms with E-state index >= 15 is 0 Å². The molecular weight excluding hydrogens is 443 g/mol. The Bertz CT molecular complexity index is 1410. The Morgan fingerprint density at radius 1 is 1.00 bits per heavy atom. The van der Waals surface area contributed by atoms with Gasteiger partial charge in [-0.25, -0.2) is 0 Å². The van der Waals surface area contributed by atoms with Crippen molar-refractivity contribution in [3.05, 3.63) is 89.0 Å². The zero-order chi connectivity index (χ0) is 24.2. The summed E-state index contributed by atoms with van der Waals surface area (Å²) in [4.78, 5) is 38.9. The van der Waals surface area contributed by atoms with Gasteiger partial charge in [-0.2, -0.15) is 0 Å². The molecule has 0 radical (unpaired) electrons. The van der Waals surface area contributed by atoms with Crippen molar-refractivity contribution in [1.82, 2.24) is 0 Å². The highest BCUT2D eigenvalue weighted by atomic mass is 16.6. The minimum Gasteiger partial charge on any atom is -0.466 e. The molecule has 0 aromatic heterocycles. The number of ketones is 2. The molecule has 6 nitrogen and oxygen atoms in total. The fourth-order valence-electron chi connectivity index (χ4n) is 5.53. The van der Waals surface area contributed by atoms with Gasteiger partial charge in [-0.1, -0.05) is 54.6 Å². The van der Waals surface area contributed by atoms with E-state index in [1.807, 2.05) is 60.7 Å². The molecule has 6 rings (SSSR count). The van der Waals surface area contributed by atoms with Crippen LogP contribution in [0, 0.1) is 0 Å². The maximum Gasteiger partial charge on any atom is 0.494 e. The topological polar surface area (TPSA) is 78.9 Å². The predicted molar refractivity (Wildman–Crippen MR) is 131 cm³/mol. The van der Waals surface area contributed by atoms with Gasteiger partial charge in [0.25, 0.3) is 0 Å². The number of esters is 1. The second-order valence-electron chi connectivity index (χ2n) is 9.43. The third-order valence-corrected chi connectivity index (χ3v) is 7.18. The predicted octanol–water partition coefficient (Wildman–Crippen LogP) is 3.81. The first-order valence-electron chi connectivity index (χ1n) is 11.8. The summed E-state index contributed by atoms with van der Waals surface area (Å²) in [7, 11) is -0.692. The summed E-state index contributed by atoms with van der Waals surface area (Å²) < 4.78 is 18.1. The highest BCUT2D eigenvalue weighted by Crippen LogP contribution is 2.47. The monoisotopic (exact) mass is 466 g/mol. The SMILES string of the molecule is CC(=O)OCC[C@]12CC3=C(C(=O)c4cc5ccccc5cc4C3=O)[C@H](C1)OB(c1ccccc1)O2. The molecule has 1 saturated heterocycles. The Labute approximate surface area is 203 Å². The van der Waals surface area contributed by atoms with Gasteiger partial charge in [-0.05, 0) is 28.4 Å². The van der Waals surface area contributed by atoms with Crippen LogP contribution in [0.1, 0.15) is 46.9 Å². The minimum absolute atomic E-state index is 0.160. The second-order valence-corrected chi connectivity index (χ2v) is 9.43. The van der Waals surface area contributed by atoms with E-state index in [0.717, 1.165) is 16.2 Å². The summed E-state index contributed by atoms with van der Waals surface area (Å²) in [5.41, 5.74) is 1.77. The van der Waals surface area contributed by atoms with Crippen molar-refractivity contribution in [3.8, 4) is 0 Å². The maximum atomic E-state index is 13.8. The van der Waals surface area contributed by atoms with Crippen LogP contribution in [-0.4, -0.2) is 43.0 Å². The summed E-state index contributed by atoms with van der Waals surface area (Å²) in [5, 5.41) is 1.83. The molecule has 2 bridgehead atoms. The van der Waals surface area contributed by atoms with Crippen LogP contribution in [0.25, 0.3) is 10.8 Å². The van der Waals surface area contributed by atoms with Gasteiger partial charge in [0.1, 0.15) is 0 Å². The van der Waals surface area contributed by atoms with Crippen LogP contribution in [0.2, 0.25) is 0 Å². The quantitative estimate of drug-likeness (QED) is 0.430. The van der Waals surface area contributed by atoms with E-state index in [0.29, 0.717) is 35.1 Å². The van der Waals surface area contributed by atoms with Gasteiger partial charge in [0.05, 0.1) is 18.3 Å². The summed E-state index contributed by atoms with van der Waals surface area (Å²) >= 11 is 0. The lowest BCUT2D eigenvalue weighted by Crippen LogP contribution is -2.59. The number of hydrogen-bond donors (Lipinski definition) is 0. The van der Waals surface area contributed by atoms with E-state index in [1.165, 1.54) is 6.92 Å². The van der Waals surface area contributed by atoms with Crippen LogP contribution in [0.5, 0.6) is 0 Å². The van der Waals surface area contributed by atoms with Gasteiger partial charge in [-0.15, -0.1) is 0 Å². The van der Waals surface area contributed by atoms with Crippen molar-refractivity contribution >= 4 is 40.9 Å². The molecule has 2 atom stereocenters. The molecule has 7 heteroatoms. The maximum absolute atomic E-state index is 13.8. The van der Waals surface area contributed by atoms with Crippen LogP contribution in [0.3, 0.4) is 0 Å². The normalized spacial score (nSPS) is 23.2. The van der Waals surface area contributed by atoms with E-state index < -0.39 is 18.8 Å². The molecule has 3 aromatic carbocycles. The van der Waals surface area contributed by atoms with Gasteiger partial charge in [0.15, 0.2) is 11.6 Å². The standard InChI is InChI=1S/C28H23BO6/c1-17(30)33-12-11-28-15-23-25(24(16-28)34-29(35-28)20-9-3-2-4-10-20)27(32)22-14-19-8-6-5-7-18(19)13-21(22)26(23)31/h2-10,13-14,24H,11-12,15-16H2,1H3/t24-,28-/m0/s1. The molecule has 0 unspecified atom stereocenters. The van der Waals surface area contributed by atoms with Gasteiger partial charge in [-0.3, -0.25) is 14.4 Å². The number of carbonyl (C=O) groups is 3. The van der Waals surface area contributed by atoms with Crippen LogP contribution in [-0.2, 0) is 18.8 Å². The van der Waals surface area contributed by atoms with Crippen LogP contribution in [0.4, 0.5) is 0 Å². The highest BCUT2D eigenvalue weighted by molar-refractivity contribution is 6.61. The fraction of sp³-hybridized carbons (Fsp3) is 0.250. The van der Waals surface area contributed by atoms with Crippen molar-refractivity contribution in [2.24, 2.45) is 0 Å². The van der Waals surface area contributed by atoms with E-state index in [4.69, 9.17) is 14.0 Å². The molecule has 1 fully saturated rings. The molecule has 0 N–H and O–H groups in total. The third-order valence-electron chi connectivity index (χ3n) is 7.18. The number of carbonyl (C=O) groups excluding carboxylic acids is 3. The number of hydrogen-bond acceptors (Lipinski definition) is 6. The molecule has 0 amide bonds. The number of rotatable bonds is 4. The van der Waals surface area contributed by atoms with E-state index in [-0.39, 0.29) is 30.6 Å². The lowest BCUT2D eigenvalue weighted by atomic mass is 9.65. The Kier molecular flexibility index (Phi) is 5.20. The molecule has 0 saturated carbocycles. The number of fused-ring (bicyclic) bond motifs is 5. The third kappa shape index (κ3) is 3.72. The Morgan fingerprint density at radius 3 is 2.34 bits per heavy atom. The summed E-state index contributed by atoms with van der Waals surface area (Å²) in [5.74, 6) is -0.690. The number of Topliss-reactive ketones (excluding diaryl/α,β-unsaturated/α-hetero) is 2. The van der Waals surface area contributed by atoms with E-state index in [9.17, 15) is 14.4 Å². The molecule has 3 aromatic rings. The molecule has 2 aliphatic carbocycles. The average Bonchev–Trinajstić information content (AvgIpc) is 2.86. The number of benzene rings is 3. The largest absolute Gasteiger partial charge is 0.494 e. The summed E-state index contributed by atoms with van der Waals surface area (Å²) in [6.45, 7) is 1.53. The van der Waals surface area contributed by atoms with Gasteiger partial charge in [0.2, 0.25) is 0 Å². The molecule has 0 spiro atoms. The zero-order valence-corrected chi connectivity index (χ0v) is 19.3. The van der Waals surface area contributed by atoms with Crippen LogP contribution < -0.4 is 5.46 Å². The Balaban J connectivity index is 1.44. The van der Waals surface area contributed by atoms with Crippen molar-refractivity contribution in [2.45, 2.75) is 37.9 Å². The fourth-order valence-corrected chi connectivity index (χ4v) is 5.53. The summed E-state index contributed by atoms with van der Waals surface area (Å²) in [6, 6.07) is 20.9. The average molecular weight is 466 g/mol. The molecular formula is C28H23BO6. The van der Waals surface area contributed by atoms with Gasteiger partial charge >= 0.3 is 13.1 Å². The first kappa shape index (κ1) is 22.0. The summed E-state index contributed by atoms with van der Waals surface area (Å²) in [6.07, 6.45) is 0.492. The number of ether oxygens (including phenoxy) is 1. The Morgan fingerprint density at radius 2 is 1.66 bits per heavy atom. The molecule has 3 aliphatic rings. The Hall–Kier alpha value is -3.55. The van der Waals surface area contributed by atoms with Crippen molar-refractivity contribution < 1.29 is 28.4 Å². The molecule has 1 aliphatic heterocycles. The molecule has 1 heterocycles. The van der Waals surface area contributed by atoms with Crippen molar-refractivity contribution in [1.29, 1.82) is 0 Å². The smallest absolute Gasteiger partial charge is 0.466 e. The van der Waals surface area contributed by atoms with Crippen LogP contribution in [0.15, 0.2) is 77.9 Å². The molecule has 174 valence electrons. The highest BCUT2D eigenvalue weighted by Gasteiger charge is 2.54. The second kappa shape index (κ2) is 8.29. The van der Waals surface area contributed by atoms with Gasteiger partial charge in [0, 0.05) is 48.5 Å². The van der Waals surface area contributed by atoms with E-state index in [2.05, 4.69) is 0 Å². The van der Waals surface area contributed by atoms with Crippen molar-refractivity contribution in [2.75, 3.05) is 6.61 Å². The first-order chi connectivity index (χ1) is 16.9. The lowest BCUT2D eigenvalue weighted by Gasteiger charge is -2.49.